The molecule has 0 saturated heterocycles. The first-order valence-corrected chi connectivity index (χ1v) is 11.7. The van der Waals surface area contributed by atoms with Gasteiger partial charge < -0.3 is 10.4 Å². The van der Waals surface area contributed by atoms with Gasteiger partial charge in [-0.3, -0.25) is 0 Å². The molecule has 0 spiro atoms. The molecule has 0 aromatic heterocycles. The van der Waals surface area contributed by atoms with Gasteiger partial charge in [-0.1, -0.05) is 82.8 Å². The smallest absolute Gasteiger partial charge is 0.389 e. The Labute approximate surface area is 185 Å². The SMILES string of the molecule is O=C(O)C=Cc1ccc(NCCCCCCCCCCCCCCCC(F)(F)F)cc1. The first kappa shape index (κ1) is 27.1. The van der Waals surface area contributed by atoms with E-state index in [0.717, 1.165) is 49.6 Å². The molecular weight excluding hydrogens is 403 g/mol. The highest BCUT2D eigenvalue weighted by atomic mass is 19.4. The third kappa shape index (κ3) is 17.4. The number of nitrogens with one attached hydrogen (secondary N) is 1. The van der Waals surface area contributed by atoms with E-state index in [4.69, 9.17) is 5.11 Å². The number of aliphatic carboxylic acids is 1. The molecule has 0 fully saturated rings. The molecule has 0 amide bonds. The summed E-state index contributed by atoms with van der Waals surface area (Å²) in [5, 5.41) is 12.0. The normalized spacial score (nSPS) is 11.8. The summed E-state index contributed by atoms with van der Waals surface area (Å²) < 4.78 is 36.1. The molecule has 0 unspecified atom stereocenters. The lowest BCUT2D eigenvalue weighted by molar-refractivity contribution is -0.135. The van der Waals surface area contributed by atoms with E-state index in [2.05, 4.69) is 5.32 Å². The van der Waals surface area contributed by atoms with Gasteiger partial charge >= 0.3 is 12.1 Å². The number of carboxylic acid groups (broad SMARTS) is 1. The molecule has 0 heterocycles. The van der Waals surface area contributed by atoms with Crippen molar-refractivity contribution in [2.24, 2.45) is 0 Å². The van der Waals surface area contributed by atoms with Crippen molar-refractivity contribution in [3.05, 3.63) is 35.9 Å². The number of rotatable bonds is 18. The standard InChI is InChI=1S/C25H38F3NO2/c26-25(27,28)20-12-10-8-6-4-2-1-3-5-7-9-11-13-21-29-23-17-14-22(15-18-23)16-19-24(30)31/h14-19,29H,1-13,20-21H2,(H,30,31). The van der Waals surface area contributed by atoms with Gasteiger partial charge in [0, 0.05) is 24.7 Å². The molecule has 0 atom stereocenters. The van der Waals surface area contributed by atoms with Gasteiger partial charge in [0.15, 0.2) is 0 Å². The van der Waals surface area contributed by atoms with E-state index in [0.29, 0.717) is 6.42 Å². The molecule has 31 heavy (non-hydrogen) atoms. The monoisotopic (exact) mass is 441 g/mol. The van der Waals surface area contributed by atoms with Crippen LogP contribution in [0.2, 0.25) is 0 Å². The molecule has 0 aliphatic rings. The number of carbonyl (C=O) groups is 1. The number of alkyl halides is 3. The van der Waals surface area contributed by atoms with E-state index in [1.165, 1.54) is 44.9 Å². The van der Waals surface area contributed by atoms with Gasteiger partial charge in [0.2, 0.25) is 0 Å². The minimum Gasteiger partial charge on any atom is -0.478 e. The van der Waals surface area contributed by atoms with Gasteiger partial charge in [0.1, 0.15) is 0 Å². The summed E-state index contributed by atoms with van der Waals surface area (Å²) in [6.07, 6.45) is 12.0. The Bertz CT molecular complexity index is 612. The van der Waals surface area contributed by atoms with E-state index in [1.54, 1.807) is 6.08 Å². The number of hydrogen-bond donors (Lipinski definition) is 2. The van der Waals surface area contributed by atoms with Crippen LogP contribution >= 0.6 is 0 Å². The summed E-state index contributed by atoms with van der Waals surface area (Å²) in [6.45, 7) is 0.938. The van der Waals surface area contributed by atoms with Crippen molar-refractivity contribution in [3.8, 4) is 0 Å². The Kier molecular flexibility index (Phi) is 14.6. The van der Waals surface area contributed by atoms with Gasteiger partial charge in [-0.15, -0.1) is 0 Å². The lowest BCUT2D eigenvalue weighted by Gasteiger charge is -2.07. The zero-order chi connectivity index (χ0) is 22.8. The third-order valence-corrected chi connectivity index (χ3v) is 5.30. The van der Waals surface area contributed by atoms with Crippen molar-refractivity contribution >= 4 is 17.7 Å². The van der Waals surface area contributed by atoms with Crippen LogP contribution in [0.4, 0.5) is 18.9 Å². The Morgan fingerprint density at radius 2 is 1.23 bits per heavy atom. The van der Waals surface area contributed by atoms with Gasteiger partial charge in [-0.25, -0.2) is 4.79 Å². The molecular formula is C25H38F3NO2. The Morgan fingerprint density at radius 3 is 1.68 bits per heavy atom. The number of carboxylic acids is 1. The van der Waals surface area contributed by atoms with Crippen LogP contribution in [0, 0.1) is 0 Å². The zero-order valence-electron chi connectivity index (χ0n) is 18.6. The lowest BCUT2D eigenvalue weighted by atomic mass is 10.0. The van der Waals surface area contributed by atoms with Crippen LogP contribution in [0.3, 0.4) is 0 Å². The zero-order valence-corrected chi connectivity index (χ0v) is 18.6. The maximum Gasteiger partial charge on any atom is 0.389 e. The number of halogens is 3. The topological polar surface area (TPSA) is 49.3 Å². The highest BCUT2D eigenvalue weighted by molar-refractivity contribution is 5.85. The maximum atomic E-state index is 12.0. The summed E-state index contributed by atoms with van der Waals surface area (Å²) in [5.74, 6) is -0.946. The van der Waals surface area contributed by atoms with Crippen LogP contribution in [0.25, 0.3) is 6.08 Å². The van der Waals surface area contributed by atoms with Crippen molar-refractivity contribution < 1.29 is 23.1 Å². The Morgan fingerprint density at radius 1 is 0.774 bits per heavy atom. The highest BCUT2D eigenvalue weighted by Crippen LogP contribution is 2.23. The minimum atomic E-state index is -3.99. The van der Waals surface area contributed by atoms with Crippen molar-refractivity contribution in [2.75, 3.05) is 11.9 Å². The minimum absolute atomic E-state index is 0.275. The van der Waals surface area contributed by atoms with Crippen LogP contribution in [0.15, 0.2) is 30.3 Å². The van der Waals surface area contributed by atoms with E-state index in [-0.39, 0.29) is 6.42 Å². The first-order valence-electron chi connectivity index (χ1n) is 11.7. The highest BCUT2D eigenvalue weighted by Gasteiger charge is 2.25. The molecule has 1 aromatic rings. The summed E-state index contributed by atoms with van der Waals surface area (Å²) in [5.41, 5.74) is 1.92. The molecule has 1 aromatic carbocycles. The lowest BCUT2D eigenvalue weighted by Crippen LogP contribution is -2.06. The maximum absolute atomic E-state index is 12.0. The molecule has 3 nitrogen and oxygen atoms in total. The average Bonchev–Trinajstić information content (AvgIpc) is 2.72. The Hall–Kier alpha value is -1.98. The van der Waals surface area contributed by atoms with Crippen molar-refractivity contribution in [1.82, 2.24) is 0 Å². The quantitative estimate of drug-likeness (QED) is 0.178. The second kappa shape index (κ2) is 16.7. The first-order chi connectivity index (χ1) is 14.9. The number of unbranched alkanes of at least 4 members (excludes halogenated alkanes) is 12. The third-order valence-electron chi connectivity index (χ3n) is 5.30. The molecule has 6 heteroatoms. The van der Waals surface area contributed by atoms with E-state index in [9.17, 15) is 18.0 Å². The van der Waals surface area contributed by atoms with Crippen molar-refractivity contribution in [2.45, 2.75) is 96.1 Å². The molecule has 176 valence electrons. The van der Waals surface area contributed by atoms with Crippen LogP contribution < -0.4 is 5.32 Å². The Balaban J connectivity index is 1.85. The van der Waals surface area contributed by atoms with Crippen LogP contribution in [-0.4, -0.2) is 23.8 Å². The fraction of sp³-hybridized carbons (Fsp3) is 0.640. The molecule has 0 aliphatic carbocycles. The molecule has 0 radical (unpaired) electrons. The van der Waals surface area contributed by atoms with E-state index < -0.39 is 18.6 Å². The average molecular weight is 442 g/mol. The fourth-order valence-corrected chi connectivity index (χ4v) is 3.51. The summed E-state index contributed by atoms with van der Waals surface area (Å²) in [7, 11) is 0. The predicted octanol–water partition coefficient (Wildman–Crippen LogP) is 8.22. The van der Waals surface area contributed by atoms with Crippen LogP contribution in [-0.2, 0) is 4.79 Å². The molecule has 2 N–H and O–H groups in total. The second-order valence-electron chi connectivity index (χ2n) is 8.18. The number of anilines is 1. The summed E-state index contributed by atoms with van der Waals surface area (Å²) in [6, 6.07) is 7.72. The van der Waals surface area contributed by atoms with Crippen molar-refractivity contribution in [3.63, 3.8) is 0 Å². The fourth-order valence-electron chi connectivity index (χ4n) is 3.51. The van der Waals surface area contributed by atoms with Gasteiger partial charge in [0.25, 0.3) is 0 Å². The van der Waals surface area contributed by atoms with Crippen molar-refractivity contribution in [1.29, 1.82) is 0 Å². The van der Waals surface area contributed by atoms with E-state index >= 15 is 0 Å². The summed E-state index contributed by atoms with van der Waals surface area (Å²) >= 11 is 0. The molecule has 0 saturated carbocycles. The van der Waals surface area contributed by atoms with E-state index in [1.807, 2.05) is 24.3 Å². The molecule has 0 aliphatic heterocycles. The van der Waals surface area contributed by atoms with Crippen LogP contribution in [0.1, 0.15) is 95.5 Å². The van der Waals surface area contributed by atoms with Crippen LogP contribution in [0.5, 0.6) is 0 Å². The largest absolute Gasteiger partial charge is 0.478 e. The second-order valence-corrected chi connectivity index (χ2v) is 8.18. The van der Waals surface area contributed by atoms with Gasteiger partial charge in [0.05, 0.1) is 0 Å². The molecule has 0 bridgehead atoms. The predicted molar refractivity (Wildman–Crippen MR) is 122 cm³/mol. The number of benzene rings is 1. The molecule has 1 rings (SSSR count). The number of hydrogen-bond acceptors (Lipinski definition) is 2. The van der Waals surface area contributed by atoms with Gasteiger partial charge in [-0.2, -0.15) is 13.2 Å². The van der Waals surface area contributed by atoms with Gasteiger partial charge in [-0.05, 0) is 36.6 Å². The summed E-state index contributed by atoms with van der Waals surface area (Å²) in [4.78, 5) is 10.5.